The van der Waals surface area contributed by atoms with Crippen LogP contribution in [-0.2, 0) is 10.0 Å². The number of halogens is 1. The molecule has 100 valence electrons. The van der Waals surface area contributed by atoms with Gasteiger partial charge >= 0.3 is 0 Å². The molecule has 0 spiro atoms. The van der Waals surface area contributed by atoms with E-state index in [1.54, 1.807) is 0 Å². The lowest BCUT2D eigenvalue weighted by atomic mass is 10.2. The number of rotatable bonds is 4. The Kier molecular flexibility index (Phi) is 3.84. The summed E-state index contributed by atoms with van der Waals surface area (Å²) in [5, 5.41) is 11.2. The third-order valence-electron chi connectivity index (χ3n) is 2.97. The third kappa shape index (κ3) is 3.18. The quantitative estimate of drug-likeness (QED) is 0.751. The summed E-state index contributed by atoms with van der Waals surface area (Å²) in [5.74, 6) is -0.612. The lowest BCUT2D eigenvalue weighted by molar-refractivity contribution is 0.591. The molecule has 0 radical (unpaired) electrons. The molecule has 1 saturated heterocycles. The molecule has 1 heterocycles. The van der Waals surface area contributed by atoms with Crippen LogP contribution in [0.2, 0.25) is 0 Å². The molecular weight excluding hydrogens is 257 g/mol. The van der Waals surface area contributed by atoms with Gasteiger partial charge in [0.05, 0.1) is 10.6 Å². The Bertz CT molecular complexity index is 527. The van der Waals surface area contributed by atoms with Gasteiger partial charge in [0, 0.05) is 12.6 Å². The summed E-state index contributed by atoms with van der Waals surface area (Å²) >= 11 is 0. The number of nitrogens with one attached hydrogen (secondary N) is 2. The van der Waals surface area contributed by atoms with Crippen LogP contribution in [0.3, 0.4) is 0 Å². The maximum atomic E-state index is 13.7. The highest BCUT2D eigenvalue weighted by molar-refractivity contribution is 7.89. The van der Waals surface area contributed by atoms with Gasteiger partial charge in [0.2, 0.25) is 10.0 Å². The van der Waals surface area contributed by atoms with E-state index in [0.29, 0.717) is 12.6 Å². The predicted octanol–water partition coefficient (Wildman–Crippen LogP) is 0.637. The molecule has 18 heavy (non-hydrogen) atoms. The minimum absolute atomic E-state index is 0.218. The number of sulfonamides is 1. The summed E-state index contributed by atoms with van der Waals surface area (Å²) in [7, 11) is -3.85. The van der Waals surface area contributed by atoms with Crippen LogP contribution < -0.4 is 15.8 Å². The highest BCUT2D eigenvalue weighted by Crippen LogP contribution is 2.18. The van der Waals surface area contributed by atoms with E-state index in [2.05, 4.69) is 10.6 Å². The molecule has 4 N–H and O–H groups in total. The SMILES string of the molecule is NS(=O)(=O)c1ccc(NCC2CCCN2)c(F)c1. The van der Waals surface area contributed by atoms with E-state index in [-0.39, 0.29) is 10.6 Å². The van der Waals surface area contributed by atoms with Crippen molar-refractivity contribution in [3.8, 4) is 0 Å². The van der Waals surface area contributed by atoms with E-state index < -0.39 is 15.8 Å². The minimum Gasteiger partial charge on any atom is -0.381 e. The van der Waals surface area contributed by atoms with E-state index in [9.17, 15) is 12.8 Å². The Morgan fingerprint density at radius 1 is 1.50 bits per heavy atom. The molecule has 5 nitrogen and oxygen atoms in total. The van der Waals surface area contributed by atoms with Gasteiger partial charge in [-0.05, 0) is 37.6 Å². The zero-order valence-corrected chi connectivity index (χ0v) is 10.6. The fraction of sp³-hybridized carbons (Fsp3) is 0.455. The first-order valence-corrected chi connectivity index (χ1v) is 7.31. The second-order valence-corrected chi connectivity index (χ2v) is 5.92. The molecule has 0 aromatic heterocycles. The molecule has 0 amide bonds. The number of hydrogen-bond acceptors (Lipinski definition) is 4. The predicted molar refractivity (Wildman–Crippen MR) is 67.3 cm³/mol. The van der Waals surface area contributed by atoms with Crippen LogP contribution in [0.1, 0.15) is 12.8 Å². The maximum absolute atomic E-state index is 13.7. The molecule has 1 unspecified atom stereocenters. The molecule has 1 aromatic carbocycles. The normalized spacial score (nSPS) is 20.0. The zero-order valence-electron chi connectivity index (χ0n) is 9.82. The molecule has 0 aliphatic carbocycles. The number of anilines is 1. The van der Waals surface area contributed by atoms with E-state index in [0.717, 1.165) is 25.5 Å². The Morgan fingerprint density at radius 3 is 2.83 bits per heavy atom. The Hall–Kier alpha value is -1.18. The summed E-state index contributed by atoms with van der Waals surface area (Å²) in [6.45, 7) is 1.60. The smallest absolute Gasteiger partial charge is 0.238 e. The van der Waals surface area contributed by atoms with Gasteiger partial charge < -0.3 is 10.6 Å². The fourth-order valence-electron chi connectivity index (χ4n) is 1.98. The van der Waals surface area contributed by atoms with Crippen LogP contribution in [0.25, 0.3) is 0 Å². The van der Waals surface area contributed by atoms with Crippen LogP contribution in [0.5, 0.6) is 0 Å². The zero-order chi connectivity index (χ0) is 13.2. The summed E-state index contributed by atoms with van der Waals surface area (Å²) in [5.41, 5.74) is 0.288. The molecular formula is C11H16FN3O2S. The number of primary sulfonamides is 1. The van der Waals surface area contributed by atoms with Gasteiger partial charge in [0.1, 0.15) is 5.82 Å². The van der Waals surface area contributed by atoms with Crippen molar-refractivity contribution in [2.24, 2.45) is 5.14 Å². The lowest BCUT2D eigenvalue weighted by Gasteiger charge is -2.13. The molecule has 1 aliphatic heterocycles. The molecule has 2 rings (SSSR count). The second-order valence-electron chi connectivity index (χ2n) is 4.36. The average Bonchev–Trinajstić information content (AvgIpc) is 2.79. The van der Waals surface area contributed by atoms with Crippen molar-refractivity contribution in [1.82, 2.24) is 5.32 Å². The van der Waals surface area contributed by atoms with Gasteiger partial charge in [-0.15, -0.1) is 0 Å². The van der Waals surface area contributed by atoms with Crippen molar-refractivity contribution in [1.29, 1.82) is 0 Å². The minimum atomic E-state index is -3.85. The van der Waals surface area contributed by atoms with Gasteiger partial charge in [-0.25, -0.2) is 17.9 Å². The monoisotopic (exact) mass is 273 g/mol. The van der Waals surface area contributed by atoms with E-state index >= 15 is 0 Å². The largest absolute Gasteiger partial charge is 0.381 e. The van der Waals surface area contributed by atoms with Gasteiger partial charge in [0.25, 0.3) is 0 Å². The van der Waals surface area contributed by atoms with E-state index in [1.165, 1.54) is 12.1 Å². The van der Waals surface area contributed by atoms with Crippen LogP contribution in [-0.4, -0.2) is 27.5 Å². The van der Waals surface area contributed by atoms with Gasteiger partial charge in [-0.3, -0.25) is 0 Å². The highest BCUT2D eigenvalue weighted by atomic mass is 32.2. The summed E-state index contributed by atoms with van der Waals surface area (Å²) in [4.78, 5) is -0.218. The first-order valence-electron chi connectivity index (χ1n) is 5.76. The molecule has 7 heteroatoms. The average molecular weight is 273 g/mol. The van der Waals surface area contributed by atoms with Crippen molar-refractivity contribution in [2.45, 2.75) is 23.8 Å². The van der Waals surface area contributed by atoms with Crippen molar-refractivity contribution >= 4 is 15.7 Å². The standard InChI is InChI=1S/C11H16FN3O2S/c12-10-6-9(18(13,16)17)3-4-11(10)15-7-8-2-1-5-14-8/h3-4,6,8,14-15H,1-2,5,7H2,(H2,13,16,17). The van der Waals surface area contributed by atoms with Crippen LogP contribution in [0.4, 0.5) is 10.1 Å². The molecule has 1 fully saturated rings. The van der Waals surface area contributed by atoms with E-state index in [4.69, 9.17) is 5.14 Å². The van der Waals surface area contributed by atoms with Crippen molar-refractivity contribution in [2.75, 3.05) is 18.4 Å². The summed E-state index contributed by atoms with van der Waals surface area (Å²) in [6, 6.07) is 3.95. The first-order chi connectivity index (χ1) is 8.47. The summed E-state index contributed by atoms with van der Waals surface area (Å²) < 4.78 is 35.7. The molecule has 1 aliphatic rings. The second kappa shape index (κ2) is 5.21. The van der Waals surface area contributed by atoms with E-state index in [1.807, 2.05) is 0 Å². The van der Waals surface area contributed by atoms with Crippen LogP contribution >= 0.6 is 0 Å². The fourth-order valence-corrected chi connectivity index (χ4v) is 2.51. The maximum Gasteiger partial charge on any atom is 0.238 e. The topological polar surface area (TPSA) is 84.2 Å². The number of hydrogen-bond donors (Lipinski definition) is 3. The number of nitrogens with two attached hydrogens (primary N) is 1. The molecule has 1 aromatic rings. The Balaban J connectivity index is 2.05. The van der Waals surface area contributed by atoms with Crippen molar-refractivity contribution in [3.63, 3.8) is 0 Å². The molecule has 0 saturated carbocycles. The molecule has 0 bridgehead atoms. The summed E-state index contributed by atoms with van der Waals surface area (Å²) in [6.07, 6.45) is 2.18. The third-order valence-corrected chi connectivity index (χ3v) is 3.88. The first kappa shape index (κ1) is 13.3. The Labute approximate surface area is 106 Å². The van der Waals surface area contributed by atoms with Gasteiger partial charge in [-0.1, -0.05) is 0 Å². The van der Waals surface area contributed by atoms with Crippen molar-refractivity contribution < 1.29 is 12.8 Å². The lowest BCUT2D eigenvalue weighted by Crippen LogP contribution is -2.29. The van der Waals surface area contributed by atoms with Crippen molar-refractivity contribution in [3.05, 3.63) is 24.0 Å². The molecule has 1 atom stereocenters. The Morgan fingerprint density at radius 2 is 2.28 bits per heavy atom. The van der Waals surface area contributed by atoms with Gasteiger partial charge in [0.15, 0.2) is 0 Å². The van der Waals surface area contributed by atoms with Crippen LogP contribution in [0, 0.1) is 5.82 Å². The van der Waals surface area contributed by atoms with Gasteiger partial charge in [-0.2, -0.15) is 0 Å². The van der Waals surface area contributed by atoms with Crippen LogP contribution in [0.15, 0.2) is 23.1 Å². The number of benzene rings is 1. The highest BCUT2D eigenvalue weighted by Gasteiger charge is 2.15.